The molecule has 0 fully saturated rings. The molecule has 7 nitrogen and oxygen atoms in total. The Bertz CT molecular complexity index is 494. The van der Waals surface area contributed by atoms with E-state index < -0.39 is 12.6 Å². The van der Waals surface area contributed by atoms with E-state index in [1.165, 1.54) is 14.2 Å². The zero-order valence-electron chi connectivity index (χ0n) is 11.6. The largest absolute Gasteiger partial charge is 0.495 e. The van der Waals surface area contributed by atoms with Crippen molar-refractivity contribution in [1.29, 1.82) is 0 Å². The molecule has 116 valence electrons. The maximum absolute atomic E-state index is 12.0. The van der Waals surface area contributed by atoms with Crippen LogP contribution in [0.5, 0.6) is 11.5 Å². The van der Waals surface area contributed by atoms with E-state index in [4.69, 9.17) is 19.3 Å². The molecule has 1 rings (SSSR count). The molecule has 2 N–H and O–H groups in total. The van der Waals surface area contributed by atoms with Crippen molar-refractivity contribution in [2.45, 2.75) is 0 Å². The summed E-state index contributed by atoms with van der Waals surface area (Å²) in [7, 11) is 2.97. The van der Waals surface area contributed by atoms with Crippen molar-refractivity contribution < 1.29 is 28.9 Å². The lowest BCUT2D eigenvalue weighted by atomic mass is 10.2. The van der Waals surface area contributed by atoms with E-state index in [-0.39, 0.29) is 19.1 Å². The van der Waals surface area contributed by atoms with Crippen LogP contribution < -0.4 is 14.8 Å². The van der Waals surface area contributed by atoms with Crippen LogP contribution in [0.25, 0.3) is 0 Å². The molecule has 0 radical (unpaired) electrons. The summed E-state index contributed by atoms with van der Waals surface area (Å²) in [4.78, 5) is 22.2. The summed E-state index contributed by atoms with van der Waals surface area (Å²) in [6.45, 7) is -0.0779. The maximum Gasteiger partial charge on any atom is 0.329 e. The van der Waals surface area contributed by atoms with Gasteiger partial charge in [-0.05, 0) is 28.1 Å². The fourth-order valence-corrected chi connectivity index (χ4v) is 2.05. The number of carboxylic acids is 1. The topological polar surface area (TPSA) is 94.1 Å². The molecule has 0 saturated carbocycles. The van der Waals surface area contributed by atoms with Gasteiger partial charge in [0.1, 0.15) is 22.6 Å². The van der Waals surface area contributed by atoms with Crippen LogP contribution in [0.4, 0.5) is 0 Å². The highest BCUT2D eigenvalue weighted by Gasteiger charge is 2.14. The lowest BCUT2D eigenvalue weighted by molar-refractivity contribution is -0.142. The van der Waals surface area contributed by atoms with Crippen molar-refractivity contribution in [3.63, 3.8) is 0 Å². The summed E-state index contributed by atoms with van der Waals surface area (Å²) in [6.07, 6.45) is 0. The molecule has 0 spiro atoms. The monoisotopic (exact) mass is 361 g/mol. The van der Waals surface area contributed by atoms with Gasteiger partial charge >= 0.3 is 5.97 Å². The molecule has 1 aromatic carbocycles. The van der Waals surface area contributed by atoms with Crippen molar-refractivity contribution in [1.82, 2.24) is 5.32 Å². The summed E-state index contributed by atoms with van der Waals surface area (Å²) >= 11 is 3.31. The van der Waals surface area contributed by atoms with Crippen molar-refractivity contribution in [3.05, 3.63) is 22.2 Å². The molecule has 8 heteroatoms. The zero-order chi connectivity index (χ0) is 15.8. The van der Waals surface area contributed by atoms with Crippen LogP contribution in [0.1, 0.15) is 10.4 Å². The molecule has 0 saturated heterocycles. The highest BCUT2D eigenvalue weighted by Crippen LogP contribution is 2.35. The average molecular weight is 362 g/mol. The van der Waals surface area contributed by atoms with Crippen molar-refractivity contribution >= 4 is 27.8 Å². The number of benzene rings is 1. The van der Waals surface area contributed by atoms with Crippen molar-refractivity contribution in [3.8, 4) is 11.5 Å². The van der Waals surface area contributed by atoms with E-state index in [9.17, 15) is 9.59 Å². The number of hydrogen-bond acceptors (Lipinski definition) is 5. The SMILES string of the molecule is COc1cc(C(=O)NCCOCC(=O)O)cc(OC)c1Br. The lowest BCUT2D eigenvalue weighted by Gasteiger charge is -2.11. The number of ether oxygens (including phenoxy) is 3. The normalized spacial score (nSPS) is 10.0. The Hall–Kier alpha value is -1.80. The van der Waals surface area contributed by atoms with E-state index in [0.717, 1.165) is 0 Å². The van der Waals surface area contributed by atoms with E-state index >= 15 is 0 Å². The molecule has 21 heavy (non-hydrogen) atoms. The number of aliphatic carboxylic acids is 1. The number of methoxy groups -OCH3 is 2. The van der Waals surface area contributed by atoms with Crippen LogP contribution in [-0.4, -0.2) is 51.0 Å². The smallest absolute Gasteiger partial charge is 0.329 e. The zero-order valence-corrected chi connectivity index (χ0v) is 13.2. The number of halogens is 1. The summed E-state index contributed by atoms with van der Waals surface area (Å²) < 4.78 is 15.7. The second-order valence-electron chi connectivity index (χ2n) is 3.90. The first-order valence-corrected chi connectivity index (χ1v) is 6.78. The standard InChI is InChI=1S/C13H16BrNO6/c1-19-9-5-8(6-10(20-2)12(9)14)13(18)15-3-4-21-7-11(16)17/h5-6H,3-4,7H2,1-2H3,(H,15,18)(H,16,17). The van der Waals surface area contributed by atoms with Crippen LogP contribution in [0, 0.1) is 0 Å². The van der Waals surface area contributed by atoms with Crippen molar-refractivity contribution in [2.24, 2.45) is 0 Å². The van der Waals surface area contributed by atoms with Crippen LogP contribution in [0.2, 0.25) is 0 Å². The van der Waals surface area contributed by atoms with Crippen LogP contribution in [-0.2, 0) is 9.53 Å². The van der Waals surface area contributed by atoms with E-state index in [0.29, 0.717) is 21.5 Å². The number of carbonyl (C=O) groups is 2. The van der Waals surface area contributed by atoms with Gasteiger partial charge in [-0.2, -0.15) is 0 Å². The minimum Gasteiger partial charge on any atom is -0.495 e. The second kappa shape index (κ2) is 8.48. The molecule has 1 aromatic rings. The molecule has 0 unspecified atom stereocenters. The van der Waals surface area contributed by atoms with Gasteiger partial charge in [-0.1, -0.05) is 0 Å². The number of nitrogens with one attached hydrogen (secondary N) is 1. The predicted octanol–water partition coefficient (Wildman–Crippen LogP) is 1.30. The van der Waals surface area contributed by atoms with Gasteiger partial charge < -0.3 is 24.6 Å². The fraction of sp³-hybridized carbons (Fsp3) is 0.385. The predicted molar refractivity (Wildman–Crippen MR) is 78.0 cm³/mol. The van der Waals surface area contributed by atoms with Gasteiger partial charge in [0.05, 0.1) is 20.8 Å². The highest BCUT2D eigenvalue weighted by molar-refractivity contribution is 9.10. The fourth-order valence-electron chi connectivity index (χ4n) is 1.50. The molecule has 0 bridgehead atoms. The van der Waals surface area contributed by atoms with Gasteiger partial charge in [0, 0.05) is 12.1 Å². The summed E-state index contributed by atoms with van der Waals surface area (Å²) in [5.74, 6) is -0.440. The Morgan fingerprint density at radius 3 is 2.29 bits per heavy atom. The molecular weight excluding hydrogens is 346 g/mol. The summed E-state index contributed by atoms with van der Waals surface area (Å²) in [5.41, 5.74) is 0.366. The summed E-state index contributed by atoms with van der Waals surface area (Å²) in [5, 5.41) is 11.0. The van der Waals surface area contributed by atoms with Crippen LogP contribution >= 0.6 is 15.9 Å². The van der Waals surface area contributed by atoms with Gasteiger partial charge in [-0.25, -0.2) is 4.79 Å². The van der Waals surface area contributed by atoms with Gasteiger partial charge in [-0.15, -0.1) is 0 Å². The van der Waals surface area contributed by atoms with E-state index in [1.54, 1.807) is 12.1 Å². The number of carbonyl (C=O) groups excluding carboxylic acids is 1. The molecule has 0 aliphatic heterocycles. The molecule has 0 aliphatic carbocycles. The van der Waals surface area contributed by atoms with Gasteiger partial charge in [-0.3, -0.25) is 4.79 Å². The molecule has 0 aromatic heterocycles. The second-order valence-corrected chi connectivity index (χ2v) is 4.69. The Balaban J connectivity index is 2.63. The number of rotatable bonds is 8. The van der Waals surface area contributed by atoms with Gasteiger partial charge in [0.25, 0.3) is 5.91 Å². The minimum atomic E-state index is -1.05. The Morgan fingerprint density at radius 1 is 1.24 bits per heavy atom. The van der Waals surface area contributed by atoms with E-state index in [1.807, 2.05) is 0 Å². The Morgan fingerprint density at radius 2 is 1.81 bits per heavy atom. The lowest BCUT2D eigenvalue weighted by Crippen LogP contribution is -2.28. The Labute approximate surface area is 130 Å². The quantitative estimate of drug-likeness (QED) is 0.677. The number of carboxylic acid groups (broad SMARTS) is 1. The van der Waals surface area contributed by atoms with Gasteiger partial charge in [0.15, 0.2) is 0 Å². The third-order valence-corrected chi connectivity index (χ3v) is 3.25. The molecule has 0 atom stereocenters. The Kier molecular flexibility index (Phi) is 6.97. The maximum atomic E-state index is 12.0. The third kappa shape index (κ3) is 5.24. The van der Waals surface area contributed by atoms with Gasteiger partial charge in [0.2, 0.25) is 0 Å². The minimum absolute atomic E-state index is 0.114. The third-order valence-electron chi connectivity index (χ3n) is 2.47. The highest BCUT2D eigenvalue weighted by atomic mass is 79.9. The molecular formula is C13H16BrNO6. The number of hydrogen-bond donors (Lipinski definition) is 2. The summed E-state index contributed by atoms with van der Waals surface area (Å²) in [6, 6.07) is 3.14. The van der Waals surface area contributed by atoms with Crippen LogP contribution in [0.3, 0.4) is 0 Å². The van der Waals surface area contributed by atoms with Crippen molar-refractivity contribution in [2.75, 3.05) is 34.0 Å². The molecule has 1 amide bonds. The average Bonchev–Trinajstić information content (AvgIpc) is 2.46. The first-order chi connectivity index (χ1) is 9.99. The molecule has 0 heterocycles. The first kappa shape index (κ1) is 17.3. The van der Waals surface area contributed by atoms with Crippen LogP contribution in [0.15, 0.2) is 16.6 Å². The molecule has 0 aliphatic rings. The number of amides is 1. The van der Waals surface area contributed by atoms with E-state index in [2.05, 4.69) is 21.2 Å². The first-order valence-electron chi connectivity index (χ1n) is 5.98.